The van der Waals surface area contributed by atoms with Crippen molar-refractivity contribution in [2.24, 2.45) is 0 Å². The second-order valence-electron chi connectivity index (χ2n) is 2.00. The summed E-state index contributed by atoms with van der Waals surface area (Å²) in [6.45, 7) is 0. The fourth-order valence-electron chi connectivity index (χ4n) is 0.799. The molecule has 1 atom stereocenters. The molecule has 1 saturated heterocycles. The van der Waals surface area contributed by atoms with Gasteiger partial charge in [-0.05, 0) is 6.42 Å². The van der Waals surface area contributed by atoms with E-state index < -0.39 is 12.0 Å². The van der Waals surface area contributed by atoms with Crippen molar-refractivity contribution in [3.63, 3.8) is 0 Å². The Balaban J connectivity index is 0.000000810. The molecule has 0 radical (unpaired) electrons. The Bertz CT molecular complexity index is 159. The van der Waals surface area contributed by atoms with Gasteiger partial charge in [0.25, 0.3) is 0 Å². The Morgan fingerprint density at radius 2 is 2.30 bits per heavy atom. The van der Waals surface area contributed by atoms with E-state index in [1.165, 1.54) is 0 Å². The van der Waals surface area contributed by atoms with Gasteiger partial charge in [0.2, 0.25) is 5.91 Å². The van der Waals surface area contributed by atoms with Crippen LogP contribution in [0.2, 0.25) is 0 Å². The number of rotatable bonds is 1. The average molecular weight is 153 g/mol. The van der Waals surface area contributed by atoms with Gasteiger partial charge >= 0.3 is 29.0 Å². The molecule has 1 aliphatic heterocycles. The zero-order valence-electron chi connectivity index (χ0n) is 5.46. The maximum atomic E-state index is 10.4. The summed E-state index contributed by atoms with van der Waals surface area (Å²) in [5.74, 6) is -1.11. The first-order chi connectivity index (χ1) is 4.20. The quantitative estimate of drug-likeness (QED) is 0.473. The number of hydrogen-bond acceptors (Lipinski definition) is 2. The van der Waals surface area contributed by atoms with E-state index in [9.17, 15) is 9.59 Å². The molecule has 1 fully saturated rings. The van der Waals surface area contributed by atoms with Crippen LogP contribution in [-0.4, -0.2) is 46.1 Å². The predicted molar refractivity (Wildman–Crippen MR) is 34.6 cm³/mol. The molecule has 10 heavy (non-hydrogen) atoms. The molecule has 4 nitrogen and oxygen atoms in total. The molecule has 2 N–H and O–H groups in total. The topological polar surface area (TPSA) is 66.4 Å². The molecule has 1 unspecified atom stereocenters. The van der Waals surface area contributed by atoms with E-state index in [1.54, 1.807) is 0 Å². The number of amides is 1. The van der Waals surface area contributed by atoms with Gasteiger partial charge in [0.1, 0.15) is 6.04 Å². The minimum Gasteiger partial charge on any atom is -0.480 e. The van der Waals surface area contributed by atoms with Gasteiger partial charge in [-0.3, -0.25) is 4.79 Å². The van der Waals surface area contributed by atoms with Gasteiger partial charge in [0.15, 0.2) is 0 Å². The van der Waals surface area contributed by atoms with Gasteiger partial charge in [0, 0.05) is 6.42 Å². The fraction of sp³-hybridized carbons (Fsp3) is 0.600. The molecule has 1 aliphatic rings. The van der Waals surface area contributed by atoms with E-state index in [-0.39, 0.29) is 29.0 Å². The first-order valence-electron chi connectivity index (χ1n) is 2.72. The number of carbonyl (C=O) groups is 2. The summed E-state index contributed by atoms with van der Waals surface area (Å²) in [6, 6.07) is -0.641. The third kappa shape index (κ3) is 2.15. The number of carbonyl (C=O) groups excluding carboxylic acids is 1. The number of aliphatic carboxylic acids is 1. The molecular weight excluding hydrogens is 146 g/mol. The van der Waals surface area contributed by atoms with E-state index in [0.717, 1.165) is 0 Å². The second-order valence-corrected chi connectivity index (χ2v) is 2.00. The van der Waals surface area contributed by atoms with Gasteiger partial charge < -0.3 is 10.4 Å². The molecular formula is C5H7MgNO3+2. The molecule has 0 aliphatic carbocycles. The summed E-state index contributed by atoms with van der Waals surface area (Å²) < 4.78 is 0. The van der Waals surface area contributed by atoms with Crippen molar-refractivity contribution in [1.82, 2.24) is 5.32 Å². The van der Waals surface area contributed by atoms with Crippen molar-refractivity contribution in [2.75, 3.05) is 0 Å². The SMILES string of the molecule is O=C1CCC(C(=O)O)N1.[Mg+2]. The molecule has 50 valence electrons. The fourth-order valence-corrected chi connectivity index (χ4v) is 0.799. The maximum Gasteiger partial charge on any atom is 2.00 e. The van der Waals surface area contributed by atoms with E-state index >= 15 is 0 Å². The molecule has 1 heterocycles. The molecule has 1 rings (SSSR count). The molecule has 1 amide bonds. The van der Waals surface area contributed by atoms with Gasteiger partial charge in [-0.1, -0.05) is 0 Å². The van der Waals surface area contributed by atoms with Crippen LogP contribution in [0.3, 0.4) is 0 Å². The van der Waals surface area contributed by atoms with Gasteiger partial charge in [-0.15, -0.1) is 0 Å². The first-order valence-corrected chi connectivity index (χ1v) is 2.72. The summed E-state index contributed by atoms with van der Waals surface area (Å²) in [5, 5.41) is 10.6. The van der Waals surface area contributed by atoms with Crippen molar-refractivity contribution >= 4 is 34.9 Å². The molecule has 5 heteroatoms. The summed E-state index contributed by atoms with van der Waals surface area (Å²) in [6.07, 6.45) is 0.769. The minimum absolute atomic E-state index is 0. The first kappa shape index (κ1) is 9.71. The molecule has 0 aromatic rings. The molecule has 0 bridgehead atoms. The van der Waals surface area contributed by atoms with Crippen LogP contribution in [0.1, 0.15) is 12.8 Å². The molecule has 0 saturated carbocycles. The molecule has 0 aromatic heterocycles. The third-order valence-electron chi connectivity index (χ3n) is 1.29. The Morgan fingerprint density at radius 3 is 2.50 bits per heavy atom. The van der Waals surface area contributed by atoms with Crippen LogP contribution in [-0.2, 0) is 9.59 Å². The Labute approximate surface area is 74.1 Å². The van der Waals surface area contributed by atoms with E-state index in [0.29, 0.717) is 12.8 Å². The van der Waals surface area contributed by atoms with Gasteiger partial charge in [0.05, 0.1) is 0 Å². The summed E-state index contributed by atoms with van der Waals surface area (Å²) in [4.78, 5) is 20.5. The summed E-state index contributed by atoms with van der Waals surface area (Å²) in [5.41, 5.74) is 0. The molecule has 0 aromatic carbocycles. The van der Waals surface area contributed by atoms with Crippen LogP contribution >= 0.6 is 0 Å². The van der Waals surface area contributed by atoms with Gasteiger partial charge in [-0.2, -0.15) is 0 Å². The van der Waals surface area contributed by atoms with Crippen molar-refractivity contribution < 1.29 is 14.7 Å². The zero-order valence-corrected chi connectivity index (χ0v) is 6.88. The monoisotopic (exact) mass is 153 g/mol. The third-order valence-corrected chi connectivity index (χ3v) is 1.29. The van der Waals surface area contributed by atoms with Crippen LogP contribution in [0, 0.1) is 0 Å². The van der Waals surface area contributed by atoms with Crippen LogP contribution in [0.4, 0.5) is 0 Å². The zero-order chi connectivity index (χ0) is 6.85. The standard InChI is InChI=1S/C5H7NO3.Mg/c7-4-2-1-3(6-4)5(8)9;/h3H,1-2H2,(H,6,7)(H,8,9);/q;+2. The summed E-state index contributed by atoms with van der Waals surface area (Å²) in [7, 11) is 0. The Morgan fingerprint density at radius 1 is 1.70 bits per heavy atom. The van der Waals surface area contributed by atoms with Crippen molar-refractivity contribution in [3.05, 3.63) is 0 Å². The van der Waals surface area contributed by atoms with Crippen LogP contribution in [0.25, 0.3) is 0 Å². The summed E-state index contributed by atoms with van der Waals surface area (Å²) >= 11 is 0. The van der Waals surface area contributed by atoms with Crippen molar-refractivity contribution in [1.29, 1.82) is 0 Å². The van der Waals surface area contributed by atoms with Crippen molar-refractivity contribution in [3.8, 4) is 0 Å². The number of nitrogens with one attached hydrogen (secondary N) is 1. The van der Waals surface area contributed by atoms with Crippen molar-refractivity contribution in [2.45, 2.75) is 18.9 Å². The number of carboxylic acid groups (broad SMARTS) is 1. The predicted octanol–water partition coefficient (Wildman–Crippen LogP) is -1.03. The average Bonchev–Trinajstić information content (AvgIpc) is 2.14. The van der Waals surface area contributed by atoms with Gasteiger partial charge in [-0.25, -0.2) is 4.79 Å². The van der Waals surface area contributed by atoms with E-state index in [4.69, 9.17) is 5.11 Å². The van der Waals surface area contributed by atoms with E-state index in [2.05, 4.69) is 5.32 Å². The molecule has 0 spiro atoms. The van der Waals surface area contributed by atoms with E-state index in [1.807, 2.05) is 0 Å². The van der Waals surface area contributed by atoms with Crippen LogP contribution in [0.15, 0.2) is 0 Å². The van der Waals surface area contributed by atoms with Crippen LogP contribution in [0.5, 0.6) is 0 Å². The maximum absolute atomic E-state index is 10.4. The Hall–Kier alpha value is -0.294. The largest absolute Gasteiger partial charge is 2.00 e. The Kier molecular flexibility index (Phi) is 3.66. The number of carboxylic acids is 1. The van der Waals surface area contributed by atoms with Crippen LogP contribution < -0.4 is 5.32 Å². The second kappa shape index (κ2) is 3.77. The minimum atomic E-state index is -0.944. The smallest absolute Gasteiger partial charge is 0.480 e. The normalized spacial score (nSPS) is 23.2. The number of hydrogen-bond donors (Lipinski definition) is 2.